The summed E-state index contributed by atoms with van der Waals surface area (Å²) in [5.74, 6) is -0.203. The molecule has 0 spiro atoms. The van der Waals surface area contributed by atoms with Gasteiger partial charge >= 0.3 is 5.97 Å². The largest absolute Gasteiger partial charge is 0.467 e. The van der Waals surface area contributed by atoms with Crippen molar-refractivity contribution in [2.24, 2.45) is 0 Å². The molecule has 12 heavy (non-hydrogen) atoms. The predicted molar refractivity (Wildman–Crippen MR) is 54.1 cm³/mol. The second-order valence-corrected chi connectivity index (χ2v) is 3.16. The van der Waals surface area contributed by atoms with Crippen molar-refractivity contribution >= 4 is 16.2 Å². The number of esters is 1. The molecule has 0 aromatic rings. The fourth-order valence-electron chi connectivity index (χ4n) is 0.729. The van der Waals surface area contributed by atoms with Crippen molar-refractivity contribution in [3.63, 3.8) is 0 Å². The Morgan fingerprint density at radius 1 is 1.50 bits per heavy atom. The molecule has 0 saturated heterocycles. The summed E-state index contributed by atoms with van der Waals surface area (Å²) < 4.78 is 4.88. The van der Waals surface area contributed by atoms with E-state index < -0.39 is 0 Å². The molecule has 0 aliphatic rings. The summed E-state index contributed by atoms with van der Waals surface area (Å²) in [6, 6.07) is 0. The molecule has 0 radical (unpaired) electrons. The summed E-state index contributed by atoms with van der Waals surface area (Å²) >= 11 is 0. The molecule has 0 aromatic heterocycles. The highest BCUT2D eigenvalue weighted by Gasteiger charge is 2.02. The summed E-state index contributed by atoms with van der Waals surface area (Å²) in [5.41, 5.74) is 1.75. The van der Waals surface area contributed by atoms with E-state index in [4.69, 9.17) is 4.74 Å². The van der Waals surface area contributed by atoms with Gasteiger partial charge in [0.1, 0.15) is 0 Å². The molecule has 0 amide bonds. The zero-order valence-electron chi connectivity index (χ0n) is 8.18. The molecule has 0 fully saturated rings. The summed E-state index contributed by atoms with van der Waals surface area (Å²) in [5, 5.41) is 0. The normalized spacial score (nSPS) is 13.2. The Morgan fingerprint density at radius 2 is 2.08 bits per heavy atom. The molecule has 2 nitrogen and oxygen atoms in total. The van der Waals surface area contributed by atoms with E-state index in [1.54, 1.807) is 6.92 Å². The average molecular weight is 184 g/mol. The van der Waals surface area contributed by atoms with E-state index in [1.807, 2.05) is 26.0 Å². The molecule has 0 rings (SSSR count). The minimum Gasteiger partial charge on any atom is -0.467 e. The summed E-state index contributed by atoms with van der Waals surface area (Å²) in [7, 11) is 0.898. The van der Waals surface area contributed by atoms with Crippen molar-refractivity contribution < 1.29 is 9.53 Å². The van der Waals surface area contributed by atoms with Gasteiger partial charge in [0.05, 0.1) is 16.5 Å². The molecular formula is C9H16O2Si. The van der Waals surface area contributed by atoms with Gasteiger partial charge in [-0.1, -0.05) is 11.6 Å². The van der Waals surface area contributed by atoms with Crippen LogP contribution >= 0.6 is 0 Å². The van der Waals surface area contributed by atoms with Crippen molar-refractivity contribution in [2.45, 2.75) is 20.8 Å². The number of ether oxygens (including phenoxy) is 1. The fraction of sp³-hybridized carbons (Fsp3) is 0.444. The smallest absolute Gasteiger partial charge is 0.333 e. The van der Waals surface area contributed by atoms with E-state index in [9.17, 15) is 4.79 Å². The average Bonchev–Trinajstić information content (AvgIpc) is 2.04. The molecule has 3 heteroatoms. The van der Waals surface area contributed by atoms with Crippen LogP contribution in [0.4, 0.5) is 0 Å². The number of carbonyl (C=O) groups is 1. The molecule has 68 valence electrons. The van der Waals surface area contributed by atoms with Crippen LogP contribution in [0.1, 0.15) is 20.8 Å². The number of carbonyl (C=O) groups excluding carboxylic acids is 1. The molecule has 0 aliphatic heterocycles. The summed E-state index contributed by atoms with van der Waals surface area (Å²) in [6.45, 7) is 5.67. The van der Waals surface area contributed by atoms with E-state index in [1.165, 1.54) is 0 Å². The van der Waals surface area contributed by atoms with E-state index in [-0.39, 0.29) is 5.97 Å². The standard InChI is InChI=1S/C9H16O2Si/c1-4-7(2)5-8(3)9(10)11-6-12/h4-5H,6H2,1-3,12H3. The van der Waals surface area contributed by atoms with Gasteiger partial charge in [0.2, 0.25) is 0 Å². The second-order valence-electron chi connectivity index (χ2n) is 2.58. The first kappa shape index (κ1) is 11.2. The number of hydrogen-bond acceptors (Lipinski definition) is 2. The van der Waals surface area contributed by atoms with Gasteiger partial charge in [0, 0.05) is 5.57 Å². The third-order valence-corrected chi connectivity index (χ3v) is 1.79. The van der Waals surface area contributed by atoms with Crippen LogP contribution in [-0.4, -0.2) is 22.4 Å². The second kappa shape index (κ2) is 5.77. The van der Waals surface area contributed by atoms with Crippen molar-refractivity contribution in [1.82, 2.24) is 0 Å². The maximum atomic E-state index is 11.1. The Morgan fingerprint density at radius 3 is 2.50 bits per heavy atom. The Bertz CT molecular complexity index is 217. The Hall–Kier alpha value is -0.833. The number of rotatable bonds is 3. The topological polar surface area (TPSA) is 26.3 Å². The Balaban J connectivity index is 4.27. The molecule has 0 atom stereocenters. The van der Waals surface area contributed by atoms with Gasteiger partial charge in [-0.15, -0.1) is 0 Å². The lowest BCUT2D eigenvalue weighted by atomic mass is 10.2. The highest BCUT2D eigenvalue weighted by Crippen LogP contribution is 2.02. The minimum absolute atomic E-state index is 0.203. The highest BCUT2D eigenvalue weighted by molar-refractivity contribution is 6.09. The first-order valence-corrected chi connectivity index (χ1v) is 5.51. The van der Waals surface area contributed by atoms with Gasteiger partial charge in [-0.2, -0.15) is 0 Å². The summed E-state index contributed by atoms with van der Waals surface area (Å²) in [4.78, 5) is 11.1. The van der Waals surface area contributed by atoms with Gasteiger partial charge in [-0.3, -0.25) is 0 Å². The Labute approximate surface area is 76.7 Å². The summed E-state index contributed by atoms with van der Waals surface area (Å²) in [6.07, 6.45) is 4.36. The molecular weight excluding hydrogens is 168 g/mol. The van der Waals surface area contributed by atoms with Crippen LogP contribution in [0.15, 0.2) is 23.3 Å². The quantitative estimate of drug-likeness (QED) is 0.280. The maximum Gasteiger partial charge on any atom is 0.333 e. The van der Waals surface area contributed by atoms with Crippen molar-refractivity contribution in [3.8, 4) is 0 Å². The van der Waals surface area contributed by atoms with Gasteiger partial charge in [0.15, 0.2) is 0 Å². The molecule has 0 aliphatic carbocycles. The highest BCUT2D eigenvalue weighted by atomic mass is 28.1. The number of allylic oxidation sites excluding steroid dienone is 3. The van der Waals surface area contributed by atoms with Crippen LogP contribution in [0.5, 0.6) is 0 Å². The van der Waals surface area contributed by atoms with Crippen molar-refractivity contribution in [3.05, 3.63) is 23.3 Å². The Kier molecular flexibility index (Phi) is 5.37. The van der Waals surface area contributed by atoms with Crippen molar-refractivity contribution in [1.29, 1.82) is 0 Å². The van der Waals surface area contributed by atoms with Gasteiger partial charge in [0.25, 0.3) is 0 Å². The van der Waals surface area contributed by atoms with Crippen LogP contribution in [0.25, 0.3) is 0 Å². The number of hydrogen-bond donors (Lipinski definition) is 0. The first-order chi connectivity index (χ1) is 5.61. The first-order valence-electron chi connectivity index (χ1n) is 4.10. The lowest BCUT2D eigenvalue weighted by Gasteiger charge is -2.00. The van der Waals surface area contributed by atoms with Crippen LogP contribution in [0, 0.1) is 0 Å². The minimum atomic E-state index is -0.203. The van der Waals surface area contributed by atoms with Crippen LogP contribution < -0.4 is 0 Å². The van der Waals surface area contributed by atoms with Crippen LogP contribution in [-0.2, 0) is 9.53 Å². The van der Waals surface area contributed by atoms with Gasteiger partial charge in [-0.25, -0.2) is 4.79 Å². The third kappa shape index (κ3) is 4.13. The molecule has 0 N–H and O–H groups in total. The van der Waals surface area contributed by atoms with E-state index >= 15 is 0 Å². The van der Waals surface area contributed by atoms with E-state index in [0.717, 1.165) is 15.8 Å². The van der Waals surface area contributed by atoms with Crippen molar-refractivity contribution in [2.75, 3.05) is 6.23 Å². The molecule has 0 heterocycles. The maximum absolute atomic E-state index is 11.1. The van der Waals surface area contributed by atoms with Gasteiger partial charge in [-0.05, 0) is 26.8 Å². The fourth-order valence-corrected chi connectivity index (χ4v) is 0.991. The van der Waals surface area contributed by atoms with Crippen LogP contribution in [0.3, 0.4) is 0 Å². The molecule has 0 unspecified atom stereocenters. The lowest BCUT2D eigenvalue weighted by molar-refractivity contribution is -0.136. The van der Waals surface area contributed by atoms with Gasteiger partial charge < -0.3 is 4.74 Å². The third-order valence-electron chi connectivity index (χ3n) is 1.50. The molecule has 0 aromatic carbocycles. The molecule has 0 saturated carbocycles. The van der Waals surface area contributed by atoms with Crippen LogP contribution in [0.2, 0.25) is 0 Å². The predicted octanol–water partition coefficient (Wildman–Crippen LogP) is 0.765. The monoisotopic (exact) mass is 184 g/mol. The molecule has 0 bridgehead atoms. The van der Waals surface area contributed by atoms with E-state index in [2.05, 4.69) is 0 Å². The zero-order chi connectivity index (χ0) is 9.56. The SMILES string of the molecule is CC=C(C)C=C(C)C(=O)OC[SiH3]. The van der Waals surface area contributed by atoms with E-state index in [0.29, 0.717) is 11.8 Å². The lowest BCUT2D eigenvalue weighted by Crippen LogP contribution is -2.06. The zero-order valence-corrected chi connectivity index (χ0v) is 10.2.